The molecule has 2 aromatic rings. The highest BCUT2D eigenvalue weighted by molar-refractivity contribution is 5.84. The maximum absolute atomic E-state index is 9.39. The number of imidazole rings is 1. The van der Waals surface area contributed by atoms with Crippen LogP contribution in [0.15, 0.2) is 18.5 Å². The number of hydrogen-bond acceptors (Lipinski definition) is 6. The van der Waals surface area contributed by atoms with Crippen LogP contribution in [0.3, 0.4) is 0 Å². The van der Waals surface area contributed by atoms with Crippen LogP contribution >= 0.6 is 0 Å². The monoisotopic (exact) mass is 342 g/mol. The molecule has 0 bridgehead atoms. The van der Waals surface area contributed by atoms with Gasteiger partial charge in [-0.25, -0.2) is 4.98 Å². The van der Waals surface area contributed by atoms with E-state index in [2.05, 4.69) is 58.1 Å². The Morgan fingerprint density at radius 3 is 2.68 bits per heavy atom. The number of hydrogen-bond donors (Lipinski definition) is 3. The van der Waals surface area contributed by atoms with E-state index in [4.69, 9.17) is 4.98 Å². The summed E-state index contributed by atoms with van der Waals surface area (Å²) in [5, 5.41) is 16.3. The van der Waals surface area contributed by atoms with E-state index >= 15 is 0 Å². The normalized spacial score (nSPS) is 23.4. The van der Waals surface area contributed by atoms with E-state index in [9.17, 15) is 5.11 Å². The topological polar surface area (TPSA) is 87.9 Å². The second kappa shape index (κ2) is 5.98. The molecule has 1 fully saturated rings. The molecule has 2 unspecified atom stereocenters. The van der Waals surface area contributed by atoms with Gasteiger partial charge < -0.3 is 20.3 Å². The standard InChI is InChI=1S/C18H26N6O/c1-18(2,3)23-17-21-15(20-12-5-6-12)14-16(22-17)24(10-19-14)13-7-4-11(8-13)9-25/h4,7,10-13,25H,5-6,8-9H2,1-3H3,(H2,20,21,22,23). The van der Waals surface area contributed by atoms with Crippen LogP contribution in [0.2, 0.25) is 0 Å². The molecule has 2 aliphatic rings. The highest BCUT2D eigenvalue weighted by Crippen LogP contribution is 2.33. The molecule has 3 N–H and O–H groups in total. The molecule has 1 saturated carbocycles. The first-order chi connectivity index (χ1) is 11.9. The fourth-order valence-corrected chi connectivity index (χ4v) is 3.17. The van der Waals surface area contributed by atoms with Gasteiger partial charge in [0, 0.05) is 24.1 Å². The molecular formula is C18H26N6O. The maximum Gasteiger partial charge on any atom is 0.227 e. The molecular weight excluding hydrogens is 316 g/mol. The van der Waals surface area contributed by atoms with Crippen molar-refractivity contribution in [1.29, 1.82) is 0 Å². The zero-order valence-corrected chi connectivity index (χ0v) is 15.0. The van der Waals surface area contributed by atoms with Crippen LogP contribution in [0.5, 0.6) is 0 Å². The van der Waals surface area contributed by atoms with Gasteiger partial charge in [-0.1, -0.05) is 12.2 Å². The van der Waals surface area contributed by atoms with E-state index in [1.165, 1.54) is 12.8 Å². The van der Waals surface area contributed by atoms with Crippen LogP contribution in [0, 0.1) is 5.92 Å². The molecule has 25 heavy (non-hydrogen) atoms. The van der Waals surface area contributed by atoms with E-state index < -0.39 is 0 Å². The lowest BCUT2D eigenvalue weighted by Gasteiger charge is -2.21. The van der Waals surface area contributed by atoms with Crippen molar-refractivity contribution in [2.45, 2.75) is 57.7 Å². The van der Waals surface area contributed by atoms with E-state index in [0.717, 1.165) is 23.4 Å². The van der Waals surface area contributed by atoms with E-state index in [0.29, 0.717) is 12.0 Å². The quantitative estimate of drug-likeness (QED) is 0.724. The first-order valence-electron chi connectivity index (χ1n) is 9.01. The molecule has 0 aliphatic heterocycles. The van der Waals surface area contributed by atoms with Crippen molar-refractivity contribution in [3.63, 3.8) is 0 Å². The third kappa shape index (κ3) is 3.46. The maximum atomic E-state index is 9.39. The molecule has 2 atom stereocenters. The van der Waals surface area contributed by atoms with Crippen molar-refractivity contribution in [2.24, 2.45) is 5.92 Å². The lowest BCUT2D eigenvalue weighted by molar-refractivity contribution is 0.244. The third-order valence-electron chi connectivity index (χ3n) is 4.57. The predicted molar refractivity (Wildman–Crippen MR) is 98.7 cm³/mol. The van der Waals surface area contributed by atoms with Crippen molar-refractivity contribution in [3.05, 3.63) is 18.5 Å². The van der Waals surface area contributed by atoms with Crippen LogP contribution in [0.4, 0.5) is 11.8 Å². The molecule has 2 heterocycles. The third-order valence-corrected chi connectivity index (χ3v) is 4.57. The molecule has 2 aliphatic carbocycles. The Labute approximate surface area is 147 Å². The smallest absolute Gasteiger partial charge is 0.227 e. The van der Waals surface area contributed by atoms with E-state index in [-0.39, 0.29) is 24.1 Å². The van der Waals surface area contributed by atoms with Gasteiger partial charge in [-0.2, -0.15) is 9.97 Å². The Kier molecular flexibility index (Phi) is 3.91. The summed E-state index contributed by atoms with van der Waals surface area (Å²) in [6, 6.07) is 0.671. The summed E-state index contributed by atoms with van der Waals surface area (Å²) in [5.41, 5.74) is 1.52. The summed E-state index contributed by atoms with van der Waals surface area (Å²) in [6.07, 6.45) is 9.28. The van der Waals surface area contributed by atoms with Crippen molar-refractivity contribution >= 4 is 22.9 Å². The highest BCUT2D eigenvalue weighted by atomic mass is 16.3. The molecule has 0 radical (unpaired) electrons. The Morgan fingerprint density at radius 1 is 1.24 bits per heavy atom. The molecule has 7 nitrogen and oxygen atoms in total. The highest BCUT2D eigenvalue weighted by Gasteiger charge is 2.27. The van der Waals surface area contributed by atoms with Gasteiger partial charge in [-0.05, 0) is 40.0 Å². The SMILES string of the molecule is CC(C)(C)Nc1nc(NC2CC2)c2ncn(C3C=CC(CO)C3)c2n1. The fraction of sp³-hybridized carbons (Fsp3) is 0.611. The summed E-state index contributed by atoms with van der Waals surface area (Å²) in [7, 11) is 0. The Morgan fingerprint density at radius 2 is 2.04 bits per heavy atom. The van der Waals surface area contributed by atoms with Crippen molar-refractivity contribution < 1.29 is 5.11 Å². The molecule has 0 aromatic carbocycles. The predicted octanol–water partition coefficient (Wildman–Crippen LogP) is 2.72. The van der Waals surface area contributed by atoms with Gasteiger partial charge in [0.2, 0.25) is 5.95 Å². The number of allylic oxidation sites excluding steroid dienone is 1. The van der Waals surface area contributed by atoms with Crippen LogP contribution in [0.25, 0.3) is 11.2 Å². The van der Waals surface area contributed by atoms with Gasteiger partial charge in [0.15, 0.2) is 17.0 Å². The van der Waals surface area contributed by atoms with Gasteiger partial charge in [-0.15, -0.1) is 0 Å². The lowest BCUT2D eigenvalue weighted by atomic mass is 10.1. The number of aromatic nitrogens is 4. The zero-order valence-electron chi connectivity index (χ0n) is 15.0. The molecule has 4 rings (SSSR count). The first kappa shape index (κ1) is 16.3. The average molecular weight is 342 g/mol. The molecule has 7 heteroatoms. The van der Waals surface area contributed by atoms with E-state index in [1.807, 2.05) is 6.33 Å². The molecule has 0 amide bonds. The number of nitrogens with zero attached hydrogens (tertiary/aromatic N) is 4. The summed E-state index contributed by atoms with van der Waals surface area (Å²) < 4.78 is 2.09. The second-order valence-electron chi connectivity index (χ2n) is 8.14. The number of aliphatic hydroxyl groups excluding tert-OH is 1. The van der Waals surface area contributed by atoms with Crippen LogP contribution in [0.1, 0.15) is 46.1 Å². The number of aliphatic hydroxyl groups is 1. The summed E-state index contributed by atoms with van der Waals surface area (Å²) in [5.74, 6) is 1.63. The Hall–Kier alpha value is -2.15. The van der Waals surface area contributed by atoms with E-state index in [1.54, 1.807) is 0 Å². The van der Waals surface area contributed by atoms with Crippen LogP contribution in [-0.4, -0.2) is 42.8 Å². The number of anilines is 2. The van der Waals surface area contributed by atoms with Gasteiger partial charge in [0.25, 0.3) is 0 Å². The number of fused-ring (bicyclic) bond motifs is 1. The van der Waals surface area contributed by atoms with Gasteiger partial charge >= 0.3 is 0 Å². The van der Waals surface area contributed by atoms with Crippen molar-refractivity contribution in [2.75, 3.05) is 17.2 Å². The van der Waals surface area contributed by atoms with Crippen LogP contribution in [-0.2, 0) is 0 Å². The zero-order chi connectivity index (χ0) is 17.6. The molecule has 134 valence electrons. The van der Waals surface area contributed by atoms with Crippen molar-refractivity contribution in [1.82, 2.24) is 19.5 Å². The van der Waals surface area contributed by atoms with Gasteiger partial charge in [0.05, 0.1) is 12.4 Å². The lowest BCUT2D eigenvalue weighted by Crippen LogP contribution is -2.27. The molecule has 0 saturated heterocycles. The van der Waals surface area contributed by atoms with Crippen LogP contribution < -0.4 is 10.6 Å². The minimum absolute atomic E-state index is 0.120. The van der Waals surface area contributed by atoms with Gasteiger partial charge in [0.1, 0.15) is 0 Å². The molecule has 2 aromatic heterocycles. The minimum Gasteiger partial charge on any atom is -0.396 e. The summed E-state index contributed by atoms with van der Waals surface area (Å²) >= 11 is 0. The Balaban J connectivity index is 1.74. The molecule has 0 spiro atoms. The summed E-state index contributed by atoms with van der Waals surface area (Å²) in [6.45, 7) is 6.46. The fourth-order valence-electron chi connectivity index (χ4n) is 3.17. The number of nitrogens with one attached hydrogen (secondary N) is 2. The largest absolute Gasteiger partial charge is 0.396 e. The van der Waals surface area contributed by atoms with Gasteiger partial charge in [-0.3, -0.25) is 0 Å². The average Bonchev–Trinajstić information content (AvgIpc) is 3.07. The Bertz CT molecular complexity index is 802. The first-order valence-corrected chi connectivity index (χ1v) is 9.01. The number of rotatable bonds is 5. The second-order valence-corrected chi connectivity index (χ2v) is 8.14. The minimum atomic E-state index is -0.120. The van der Waals surface area contributed by atoms with Crippen molar-refractivity contribution in [3.8, 4) is 0 Å². The summed E-state index contributed by atoms with van der Waals surface area (Å²) in [4.78, 5) is 14.0.